The van der Waals surface area contributed by atoms with Gasteiger partial charge in [0.2, 0.25) is 0 Å². The van der Waals surface area contributed by atoms with E-state index in [0.29, 0.717) is 11.3 Å². The van der Waals surface area contributed by atoms with E-state index in [1.165, 1.54) is 0 Å². The lowest BCUT2D eigenvalue weighted by Crippen LogP contribution is -2.29. The first-order chi connectivity index (χ1) is 9.97. The van der Waals surface area contributed by atoms with Gasteiger partial charge in [-0.2, -0.15) is 0 Å². The Balaban J connectivity index is 2.57. The Morgan fingerprint density at radius 2 is 2.05 bits per heavy atom. The lowest BCUT2D eigenvalue weighted by atomic mass is 10.2. The van der Waals surface area contributed by atoms with Crippen LogP contribution in [0.2, 0.25) is 0 Å². The number of aromatic hydroxyl groups is 1. The van der Waals surface area contributed by atoms with Crippen molar-refractivity contribution in [3.05, 3.63) is 24.0 Å². The van der Waals surface area contributed by atoms with Crippen LogP contribution in [0.15, 0.2) is 18.2 Å². The van der Waals surface area contributed by atoms with Crippen molar-refractivity contribution in [3.63, 3.8) is 0 Å². The van der Waals surface area contributed by atoms with Crippen molar-refractivity contribution in [2.45, 2.75) is 33.4 Å². The van der Waals surface area contributed by atoms with E-state index in [4.69, 9.17) is 5.11 Å². The molecule has 0 aliphatic heterocycles. The van der Waals surface area contributed by atoms with Gasteiger partial charge >= 0.3 is 5.97 Å². The number of hydrogen-bond donors (Lipinski definition) is 2. The first-order valence-corrected chi connectivity index (χ1v) is 7.12. The molecule has 0 fully saturated rings. The second-order valence-corrected chi connectivity index (χ2v) is 5.02. The molecule has 21 heavy (non-hydrogen) atoms. The van der Waals surface area contributed by atoms with Gasteiger partial charge in [-0.25, -0.2) is 4.98 Å². The van der Waals surface area contributed by atoms with Crippen LogP contribution >= 0.6 is 0 Å². The monoisotopic (exact) mass is 291 g/mol. The number of phenolic OH excluding ortho intramolecular Hbond substituents is 1. The third-order valence-electron chi connectivity index (χ3n) is 3.79. The van der Waals surface area contributed by atoms with Crippen LogP contribution in [-0.4, -0.2) is 43.7 Å². The summed E-state index contributed by atoms with van der Waals surface area (Å²) in [5, 5.41) is 18.7. The van der Waals surface area contributed by atoms with Gasteiger partial charge in [0, 0.05) is 6.07 Å². The summed E-state index contributed by atoms with van der Waals surface area (Å²) < 4.78 is 1.71. The summed E-state index contributed by atoms with van der Waals surface area (Å²) >= 11 is 0. The molecule has 6 heteroatoms. The normalized spacial score (nSPS) is 13.0. The highest BCUT2D eigenvalue weighted by atomic mass is 16.4. The van der Waals surface area contributed by atoms with Crippen LogP contribution in [0, 0.1) is 0 Å². The molecule has 0 saturated carbocycles. The van der Waals surface area contributed by atoms with E-state index >= 15 is 0 Å². The fourth-order valence-electron chi connectivity index (χ4n) is 2.69. The van der Waals surface area contributed by atoms with Crippen LogP contribution in [0.3, 0.4) is 0 Å². The summed E-state index contributed by atoms with van der Waals surface area (Å²) in [5.41, 5.74) is 1.34. The number of carboxylic acids is 1. The second kappa shape index (κ2) is 6.13. The lowest BCUT2D eigenvalue weighted by Gasteiger charge is -2.26. The Kier molecular flexibility index (Phi) is 4.47. The highest BCUT2D eigenvalue weighted by molar-refractivity contribution is 5.80. The Bertz CT molecular complexity index is 647. The van der Waals surface area contributed by atoms with E-state index in [1.54, 1.807) is 22.8 Å². The minimum atomic E-state index is -0.907. The first kappa shape index (κ1) is 15.3. The highest BCUT2D eigenvalue weighted by Crippen LogP contribution is 2.26. The van der Waals surface area contributed by atoms with Crippen molar-refractivity contribution in [1.29, 1.82) is 0 Å². The molecule has 0 amide bonds. The number of aliphatic carboxylic acids is 1. The molecule has 2 aromatic rings. The maximum absolute atomic E-state index is 11.1. The molecular formula is C15H21N3O3. The van der Waals surface area contributed by atoms with Gasteiger partial charge in [-0.05, 0) is 32.1 Å². The van der Waals surface area contributed by atoms with Crippen LogP contribution in [-0.2, 0) is 11.3 Å². The van der Waals surface area contributed by atoms with Crippen LogP contribution in [0.4, 0.5) is 0 Å². The molecular weight excluding hydrogens is 270 g/mol. The Morgan fingerprint density at radius 1 is 1.38 bits per heavy atom. The summed E-state index contributed by atoms with van der Waals surface area (Å²) in [5.74, 6) is -0.0680. The fraction of sp³-hybridized carbons (Fsp3) is 0.467. The van der Waals surface area contributed by atoms with Gasteiger partial charge in [0.15, 0.2) is 0 Å². The summed E-state index contributed by atoms with van der Waals surface area (Å²) in [4.78, 5) is 17.9. The molecule has 1 atom stereocenters. The topological polar surface area (TPSA) is 78.6 Å². The molecule has 6 nitrogen and oxygen atoms in total. The summed E-state index contributed by atoms with van der Waals surface area (Å²) in [6.45, 7) is 7.74. The van der Waals surface area contributed by atoms with E-state index in [0.717, 1.165) is 18.6 Å². The van der Waals surface area contributed by atoms with E-state index in [-0.39, 0.29) is 18.3 Å². The quantitative estimate of drug-likeness (QED) is 0.853. The molecule has 114 valence electrons. The Morgan fingerprint density at radius 3 is 2.62 bits per heavy atom. The SMILES string of the molecule is CCN(CC)C(C)c1nc2cc(O)ccc2n1CC(=O)O. The Hall–Kier alpha value is -2.08. The summed E-state index contributed by atoms with van der Waals surface area (Å²) in [6.07, 6.45) is 0. The molecule has 1 unspecified atom stereocenters. The van der Waals surface area contributed by atoms with Gasteiger partial charge in [0.1, 0.15) is 18.1 Å². The number of fused-ring (bicyclic) bond motifs is 1. The molecule has 0 aliphatic carbocycles. The van der Waals surface area contributed by atoms with Gasteiger partial charge in [-0.1, -0.05) is 13.8 Å². The lowest BCUT2D eigenvalue weighted by molar-refractivity contribution is -0.137. The minimum absolute atomic E-state index is 0.00823. The average molecular weight is 291 g/mol. The zero-order valence-corrected chi connectivity index (χ0v) is 12.6. The third kappa shape index (κ3) is 3.00. The highest BCUT2D eigenvalue weighted by Gasteiger charge is 2.22. The van der Waals surface area contributed by atoms with Crippen LogP contribution < -0.4 is 0 Å². The molecule has 1 aromatic heterocycles. The van der Waals surface area contributed by atoms with Crippen molar-refractivity contribution in [2.24, 2.45) is 0 Å². The maximum atomic E-state index is 11.1. The number of carboxylic acid groups (broad SMARTS) is 1. The molecule has 0 radical (unpaired) electrons. The number of phenols is 1. The zero-order valence-electron chi connectivity index (χ0n) is 12.6. The molecule has 0 spiro atoms. The average Bonchev–Trinajstić information content (AvgIpc) is 2.77. The predicted molar refractivity (Wildman–Crippen MR) is 80.4 cm³/mol. The largest absolute Gasteiger partial charge is 0.508 e. The van der Waals surface area contributed by atoms with E-state index in [1.807, 2.05) is 6.92 Å². The summed E-state index contributed by atoms with van der Waals surface area (Å²) in [7, 11) is 0. The molecule has 1 heterocycles. The first-order valence-electron chi connectivity index (χ1n) is 7.12. The molecule has 0 saturated heterocycles. The number of nitrogens with zero attached hydrogens (tertiary/aromatic N) is 3. The van der Waals surface area contributed by atoms with Crippen molar-refractivity contribution in [2.75, 3.05) is 13.1 Å². The Labute approximate surface area is 123 Å². The number of aromatic nitrogens is 2. The fourth-order valence-corrected chi connectivity index (χ4v) is 2.69. The number of benzene rings is 1. The van der Waals surface area contributed by atoms with Crippen molar-refractivity contribution < 1.29 is 15.0 Å². The molecule has 1 aromatic carbocycles. The summed E-state index contributed by atoms with van der Waals surface area (Å²) in [6, 6.07) is 4.83. The van der Waals surface area contributed by atoms with Crippen molar-refractivity contribution in [1.82, 2.24) is 14.5 Å². The smallest absolute Gasteiger partial charge is 0.323 e. The minimum Gasteiger partial charge on any atom is -0.508 e. The van der Waals surface area contributed by atoms with Crippen molar-refractivity contribution >= 4 is 17.0 Å². The number of rotatable bonds is 6. The molecule has 0 aliphatic rings. The van der Waals surface area contributed by atoms with E-state index in [2.05, 4.69) is 23.7 Å². The van der Waals surface area contributed by atoms with Crippen molar-refractivity contribution in [3.8, 4) is 5.75 Å². The van der Waals surface area contributed by atoms with E-state index < -0.39 is 5.97 Å². The van der Waals surface area contributed by atoms with Crippen LogP contribution in [0.1, 0.15) is 32.6 Å². The standard InChI is InChI=1S/C15H21N3O3/c1-4-17(5-2)10(3)15-16-12-8-11(19)6-7-13(12)18(15)9-14(20)21/h6-8,10,19H,4-5,9H2,1-3H3,(H,20,21). The number of carbonyl (C=O) groups is 1. The number of hydrogen-bond acceptors (Lipinski definition) is 4. The predicted octanol–water partition coefficient (Wildman–Crippen LogP) is 2.23. The van der Waals surface area contributed by atoms with E-state index in [9.17, 15) is 9.90 Å². The zero-order chi connectivity index (χ0) is 15.6. The van der Waals surface area contributed by atoms with Gasteiger partial charge in [-0.15, -0.1) is 0 Å². The van der Waals surface area contributed by atoms with Gasteiger partial charge in [-0.3, -0.25) is 9.69 Å². The van der Waals surface area contributed by atoms with Gasteiger partial charge in [0.25, 0.3) is 0 Å². The van der Waals surface area contributed by atoms with Gasteiger partial charge < -0.3 is 14.8 Å². The van der Waals surface area contributed by atoms with Crippen LogP contribution in [0.5, 0.6) is 5.75 Å². The van der Waals surface area contributed by atoms with Gasteiger partial charge in [0.05, 0.1) is 17.1 Å². The van der Waals surface area contributed by atoms with Crippen LogP contribution in [0.25, 0.3) is 11.0 Å². The molecule has 2 N–H and O–H groups in total. The molecule has 0 bridgehead atoms. The number of imidazole rings is 1. The second-order valence-electron chi connectivity index (χ2n) is 5.02. The molecule has 2 rings (SSSR count). The third-order valence-corrected chi connectivity index (χ3v) is 3.79. The maximum Gasteiger partial charge on any atom is 0.323 e.